The van der Waals surface area contributed by atoms with Gasteiger partial charge >= 0.3 is 6.61 Å². The molecule has 0 saturated carbocycles. The van der Waals surface area contributed by atoms with Gasteiger partial charge in [0, 0.05) is 14.1 Å². The molecule has 0 fully saturated rings. The standard InChI is InChI=1S/C7H9F2N3O/c1-12(2)7-10-3-5(4-11-7)13-6(8)9/h3-4,6H,1-2H3. The Morgan fingerprint density at radius 1 is 1.31 bits per heavy atom. The summed E-state index contributed by atoms with van der Waals surface area (Å²) in [5.41, 5.74) is 0. The smallest absolute Gasteiger partial charge is 0.387 e. The summed E-state index contributed by atoms with van der Waals surface area (Å²) in [5, 5.41) is 0. The number of nitrogens with zero attached hydrogens (tertiary/aromatic N) is 3. The minimum absolute atomic E-state index is 0.0411. The number of alkyl halides is 2. The quantitative estimate of drug-likeness (QED) is 0.714. The summed E-state index contributed by atoms with van der Waals surface area (Å²) < 4.78 is 27.5. The molecule has 0 aliphatic rings. The molecule has 0 aliphatic heterocycles. The molecule has 0 spiro atoms. The Labute approximate surface area is 74.2 Å². The molecule has 0 bridgehead atoms. The summed E-state index contributed by atoms with van der Waals surface area (Å²) >= 11 is 0. The van der Waals surface area contributed by atoms with Crippen LogP contribution >= 0.6 is 0 Å². The number of aromatic nitrogens is 2. The first-order chi connectivity index (χ1) is 6.09. The van der Waals surface area contributed by atoms with Gasteiger partial charge in [-0.25, -0.2) is 9.97 Å². The molecule has 0 radical (unpaired) electrons. The van der Waals surface area contributed by atoms with Gasteiger partial charge in [-0.3, -0.25) is 0 Å². The zero-order valence-electron chi connectivity index (χ0n) is 7.24. The van der Waals surface area contributed by atoms with E-state index in [1.165, 1.54) is 12.4 Å². The number of hydrogen-bond acceptors (Lipinski definition) is 4. The Kier molecular flexibility index (Phi) is 2.94. The highest BCUT2D eigenvalue weighted by Crippen LogP contribution is 2.12. The lowest BCUT2D eigenvalue weighted by atomic mass is 10.6. The first kappa shape index (κ1) is 9.63. The van der Waals surface area contributed by atoms with Crippen molar-refractivity contribution in [3.8, 4) is 5.75 Å². The predicted octanol–water partition coefficient (Wildman–Crippen LogP) is 1.14. The summed E-state index contributed by atoms with van der Waals surface area (Å²) in [6, 6.07) is 0. The van der Waals surface area contributed by atoms with Gasteiger partial charge in [-0.2, -0.15) is 8.78 Å². The van der Waals surface area contributed by atoms with Crippen molar-refractivity contribution in [2.45, 2.75) is 6.61 Å². The molecule has 0 aliphatic carbocycles. The highest BCUT2D eigenvalue weighted by molar-refractivity contribution is 5.28. The Morgan fingerprint density at radius 3 is 2.23 bits per heavy atom. The van der Waals surface area contributed by atoms with Gasteiger partial charge in [0.05, 0.1) is 12.4 Å². The Hall–Kier alpha value is -1.46. The van der Waals surface area contributed by atoms with E-state index in [1.807, 2.05) is 0 Å². The van der Waals surface area contributed by atoms with E-state index in [-0.39, 0.29) is 5.75 Å². The van der Waals surface area contributed by atoms with Crippen molar-refractivity contribution in [2.24, 2.45) is 0 Å². The topological polar surface area (TPSA) is 38.2 Å². The van der Waals surface area contributed by atoms with Crippen LogP contribution in [0.2, 0.25) is 0 Å². The fraction of sp³-hybridized carbons (Fsp3) is 0.429. The summed E-state index contributed by atoms with van der Waals surface area (Å²) in [6.07, 6.45) is 2.41. The van der Waals surface area contributed by atoms with Crippen LogP contribution in [0.3, 0.4) is 0 Å². The van der Waals surface area contributed by atoms with Gasteiger partial charge in [-0.1, -0.05) is 0 Å². The van der Waals surface area contributed by atoms with E-state index in [1.54, 1.807) is 19.0 Å². The monoisotopic (exact) mass is 189 g/mol. The maximum atomic E-state index is 11.7. The van der Waals surface area contributed by atoms with Crippen LogP contribution in [0.25, 0.3) is 0 Å². The highest BCUT2D eigenvalue weighted by Gasteiger charge is 2.05. The lowest BCUT2D eigenvalue weighted by Crippen LogP contribution is -2.12. The molecule has 4 nitrogen and oxygen atoms in total. The molecular formula is C7H9F2N3O. The summed E-state index contributed by atoms with van der Waals surface area (Å²) in [4.78, 5) is 9.23. The van der Waals surface area contributed by atoms with Crippen molar-refractivity contribution >= 4 is 5.95 Å². The summed E-state index contributed by atoms with van der Waals surface area (Å²) in [5.74, 6) is 0.405. The molecule has 1 aromatic rings. The Morgan fingerprint density at radius 2 is 1.85 bits per heavy atom. The van der Waals surface area contributed by atoms with E-state index in [9.17, 15) is 8.78 Å². The average molecular weight is 189 g/mol. The van der Waals surface area contributed by atoms with Crippen LogP contribution in [0.5, 0.6) is 5.75 Å². The first-order valence-corrected chi connectivity index (χ1v) is 3.54. The van der Waals surface area contributed by atoms with Gasteiger partial charge in [0.2, 0.25) is 5.95 Å². The molecular weight excluding hydrogens is 180 g/mol. The molecule has 1 heterocycles. The minimum Gasteiger partial charge on any atom is -0.432 e. The van der Waals surface area contributed by atoms with Crippen LogP contribution in [-0.2, 0) is 0 Å². The minimum atomic E-state index is -2.84. The Balaban J connectivity index is 2.70. The van der Waals surface area contributed by atoms with E-state index < -0.39 is 6.61 Å². The fourth-order valence-electron chi connectivity index (χ4n) is 0.704. The van der Waals surface area contributed by atoms with Crippen LogP contribution in [0, 0.1) is 0 Å². The molecule has 1 rings (SSSR count). The second-order valence-corrected chi connectivity index (χ2v) is 2.49. The lowest BCUT2D eigenvalue weighted by molar-refractivity contribution is -0.0503. The molecule has 0 amide bonds. The molecule has 0 aromatic carbocycles. The zero-order chi connectivity index (χ0) is 9.84. The number of anilines is 1. The second kappa shape index (κ2) is 3.97. The molecule has 13 heavy (non-hydrogen) atoms. The number of halogens is 2. The van der Waals surface area contributed by atoms with Crippen molar-refractivity contribution < 1.29 is 13.5 Å². The second-order valence-electron chi connectivity index (χ2n) is 2.49. The van der Waals surface area contributed by atoms with Crippen LogP contribution < -0.4 is 9.64 Å². The molecule has 0 atom stereocenters. The Bertz CT molecular complexity index is 263. The van der Waals surface area contributed by atoms with E-state index in [2.05, 4.69) is 14.7 Å². The van der Waals surface area contributed by atoms with Crippen molar-refractivity contribution in [3.05, 3.63) is 12.4 Å². The van der Waals surface area contributed by atoms with E-state index in [0.29, 0.717) is 5.95 Å². The average Bonchev–Trinajstić information content (AvgIpc) is 2.04. The molecule has 0 N–H and O–H groups in total. The van der Waals surface area contributed by atoms with Crippen LogP contribution in [0.4, 0.5) is 14.7 Å². The number of hydrogen-bond donors (Lipinski definition) is 0. The van der Waals surface area contributed by atoms with Crippen LogP contribution in [0.15, 0.2) is 12.4 Å². The maximum Gasteiger partial charge on any atom is 0.387 e. The predicted molar refractivity (Wildman–Crippen MR) is 43.0 cm³/mol. The van der Waals surface area contributed by atoms with Gasteiger partial charge in [0.25, 0.3) is 0 Å². The van der Waals surface area contributed by atoms with Gasteiger partial charge < -0.3 is 9.64 Å². The molecule has 1 aromatic heterocycles. The molecule has 72 valence electrons. The lowest BCUT2D eigenvalue weighted by Gasteiger charge is -2.09. The maximum absolute atomic E-state index is 11.7. The third kappa shape index (κ3) is 2.81. The van der Waals surface area contributed by atoms with Crippen molar-refractivity contribution in [1.29, 1.82) is 0 Å². The number of rotatable bonds is 3. The first-order valence-electron chi connectivity index (χ1n) is 3.54. The zero-order valence-corrected chi connectivity index (χ0v) is 7.24. The van der Waals surface area contributed by atoms with Crippen molar-refractivity contribution in [1.82, 2.24) is 9.97 Å². The third-order valence-corrected chi connectivity index (χ3v) is 1.24. The van der Waals surface area contributed by atoms with Gasteiger partial charge in [0.15, 0.2) is 5.75 Å². The van der Waals surface area contributed by atoms with Gasteiger partial charge in [-0.15, -0.1) is 0 Å². The SMILES string of the molecule is CN(C)c1ncc(OC(F)F)cn1. The summed E-state index contributed by atoms with van der Waals surface area (Å²) in [6.45, 7) is -2.84. The van der Waals surface area contributed by atoms with Crippen LogP contribution in [0.1, 0.15) is 0 Å². The number of ether oxygens (including phenoxy) is 1. The highest BCUT2D eigenvalue weighted by atomic mass is 19.3. The van der Waals surface area contributed by atoms with E-state index in [4.69, 9.17) is 0 Å². The van der Waals surface area contributed by atoms with Gasteiger partial charge in [0.1, 0.15) is 0 Å². The van der Waals surface area contributed by atoms with E-state index >= 15 is 0 Å². The van der Waals surface area contributed by atoms with E-state index in [0.717, 1.165) is 0 Å². The fourth-order valence-corrected chi connectivity index (χ4v) is 0.704. The third-order valence-electron chi connectivity index (χ3n) is 1.24. The normalized spacial score (nSPS) is 10.2. The largest absolute Gasteiger partial charge is 0.432 e. The van der Waals surface area contributed by atoms with Gasteiger partial charge in [-0.05, 0) is 0 Å². The summed E-state index contributed by atoms with van der Waals surface area (Å²) in [7, 11) is 3.51. The van der Waals surface area contributed by atoms with Crippen molar-refractivity contribution in [2.75, 3.05) is 19.0 Å². The van der Waals surface area contributed by atoms with Crippen LogP contribution in [-0.4, -0.2) is 30.7 Å². The van der Waals surface area contributed by atoms with Crippen molar-refractivity contribution in [3.63, 3.8) is 0 Å². The molecule has 0 saturated heterocycles. The molecule has 6 heteroatoms. The molecule has 0 unspecified atom stereocenters.